The van der Waals surface area contributed by atoms with Gasteiger partial charge in [-0.15, -0.1) is 0 Å². The molecule has 0 fully saturated rings. The highest BCUT2D eigenvalue weighted by atomic mass is 19.1. The minimum Gasteiger partial charge on any atom is -0.320 e. The Morgan fingerprint density at radius 3 is 2.89 bits per heavy atom. The minimum atomic E-state index is -0.380. The van der Waals surface area contributed by atoms with Gasteiger partial charge in [0, 0.05) is 11.8 Å². The lowest BCUT2D eigenvalue weighted by Crippen LogP contribution is -2.12. The summed E-state index contributed by atoms with van der Waals surface area (Å²) in [6.07, 6.45) is 3.60. The molecule has 0 saturated heterocycles. The SMILES string of the molecule is Cc1cc(F)cc(C(N)c2cnn3ccccc23)c1. The van der Waals surface area contributed by atoms with Crippen molar-refractivity contribution in [3.63, 3.8) is 0 Å². The molecule has 4 heteroatoms. The molecule has 1 aromatic carbocycles. The molecule has 3 aromatic rings. The van der Waals surface area contributed by atoms with Crippen LogP contribution in [0.5, 0.6) is 0 Å². The Labute approximate surface area is 110 Å². The van der Waals surface area contributed by atoms with Crippen LogP contribution in [0.4, 0.5) is 4.39 Å². The third-order valence-corrected chi connectivity index (χ3v) is 3.21. The topological polar surface area (TPSA) is 43.3 Å². The van der Waals surface area contributed by atoms with Crippen LogP contribution in [0.2, 0.25) is 0 Å². The molecule has 19 heavy (non-hydrogen) atoms. The highest BCUT2D eigenvalue weighted by Crippen LogP contribution is 2.24. The van der Waals surface area contributed by atoms with E-state index in [-0.39, 0.29) is 11.9 Å². The van der Waals surface area contributed by atoms with Gasteiger partial charge < -0.3 is 5.73 Å². The molecule has 0 bridgehead atoms. The summed E-state index contributed by atoms with van der Waals surface area (Å²) in [5.74, 6) is -0.262. The van der Waals surface area contributed by atoms with Gasteiger partial charge in [0.2, 0.25) is 0 Å². The molecule has 3 nitrogen and oxygen atoms in total. The van der Waals surface area contributed by atoms with Crippen molar-refractivity contribution in [1.82, 2.24) is 9.61 Å². The second kappa shape index (κ2) is 4.48. The average Bonchev–Trinajstić information content (AvgIpc) is 2.80. The highest BCUT2D eigenvalue weighted by molar-refractivity contribution is 5.57. The molecule has 1 unspecified atom stereocenters. The monoisotopic (exact) mass is 255 g/mol. The first-order valence-electron chi connectivity index (χ1n) is 6.10. The van der Waals surface area contributed by atoms with Crippen LogP contribution in [0.3, 0.4) is 0 Å². The number of hydrogen-bond acceptors (Lipinski definition) is 2. The number of benzene rings is 1. The van der Waals surface area contributed by atoms with Gasteiger partial charge in [-0.2, -0.15) is 5.10 Å². The van der Waals surface area contributed by atoms with Gasteiger partial charge in [0.05, 0.1) is 17.8 Å². The van der Waals surface area contributed by atoms with Crippen molar-refractivity contribution < 1.29 is 4.39 Å². The van der Waals surface area contributed by atoms with Crippen molar-refractivity contribution in [2.45, 2.75) is 13.0 Å². The van der Waals surface area contributed by atoms with Crippen LogP contribution in [-0.4, -0.2) is 9.61 Å². The summed E-state index contributed by atoms with van der Waals surface area (Å²) in [5, 5.41) is 4.25. The number of halogens is 1. The smallest absolute Gasteiger partial charge is 0.123 e. The standard InChI is InChI=1S/C15H14FN3/c1-10-6-11(8-12(16)7-10)15(17)13-9-18-19-5-3-2-4-14(13)19/h2-9,15H,17H2,1H3. The maximum Gasteiger partial charge on any atom is 0.123 e. The summed E-state index contributed by atoms with van der Waals surface area (Å²) in [6.45, 7) is 1.86. The van der Waals surface area contributed by atoms with E-state index in [9.17, 15) is 4.39 Å². The van der Waals surface area contributed by atoms with Crippen molar-refractivity contribution in [3.05, 3.63) is 71.3 Å². The predicted octanol–water partition coefficient (Wildman–Crippen LogP) is 2.83. The normalized spacial score (nSPS) is 12.8. The number of nitrogens with two attached hydrogens (primary N) is 1. The van der Waals surface area contributed by atoms with E-state index in [1.54, 1.807) is 10.7 Å². The van der Waals surface area contributed by atoms with Crippen molar-refractivity contribution in [1.29, 1.82) is 0 Å². The molecule has 0 amide bonds. The number of aryl methyl sites for hydroxylation is 1. The van der Waals surface area contributed by atoms with E-state index in [1.807, 2.05) is 37.4 Å². The molecular weight excluding hydrogens is 241 g/mol. The maximum absolute atomic E-state index is 13.5. The molecule has 0 saturated carbocycles. The van der Waals surface area contributed by atoms with Crippen LogP contribution >= 0.6 is 0 Å². The van der Waals surface area contributed by atoms with Crippen molar-refractivity contribution in [2.75, 3.05) is 0 Å². The average molecular weight is 255 g/mol. The van der Waals surface area contributed by atoms with Crippen LogP contribution in [0.1, 0.15) is 22.7 Å². The molecule has 0 aliphatic rings. The number of aromatic nitrogens is 2. The van der Waals surface area contributed by atoms with Crippen LogP contribution in [0.25, 0.3) is 5.52 Å². The number of pyridine rings is 1. The summed E-state index contributed by atoms with van der Waals surface area (Å²) in [5.41, 5.74) is 9.70. The molecule has 2 heterocycles. The Kier molecular flexibility index (Phi) is 2.80. The van der Waals surface area contributed by atoms with Crippen LogP contribution in [0, 0.1) is 12.7 Å². The van der Waals surface area contributed by atoms with Gasteiger partial charge in [0.15, 0.2) is 0 Å². The fraction of sp³-hybridized carbons (Fsp3) is 0.133. The molecule has 2 N–H and O–H groups in total. The second-order valence-electron chi connectivity index (χ2n) is 4.67. The molecule has 3 rings (SSSR count). The van der Waals surface area contributed by atoms with Crippen molar-refractivity contribution in [3.8, 4) is 0 Å². The maximum atomic E-state index is 13.5. The van der Waals surface area contributed by atoms with E-state index in [1.165, 1.54) is 12.1 Å². The summed E-state index contributed by atoms with van der Waals surface area (Å²) < 4.78 is 15.2. The number of fused-ring (bicyclic) bond motifs is 1. The van der Waals surface area contributed by atoms with E-state index in [4.69, 9.17) is 5.73 Å². The fourth-order valence-corrected chi connectivity index (χ4v) is 2.32. The zero-order valence-electron chi connectivity index (χ0n) is 10.5. The number of nitrogens with zero attached hydrogens (tertiary/aromatic N) is 2. The van der Waals surface area contributed by atoms with Gasteiger partial charge in [0.1, 0.15) is 5.82 Å². The number of rotatable bonds is 2. The van der Waals surface area contributed by atoms with Crippen molar-refractivity contribution >= 4 is 5.52 Å². The molecule has 0 aliphatic carbocycles. The largest absolute Gasteiger partial charge is 0.320 e. The first-order valence-corrected chi connectivity index (χ1v) is 6.10. The van der Waals surface area contributed by atoms with Gasteiger partial charge in [0.25, 0.3) is 0 Å². The molecular formula is C15H14FN3. The third-order valence-electron chi connectivity index (χ3n) is 3.21. The lowest BCUT2D eigenvalue weighted by Gasteiger charge is -2.12. The van der Waals surface area contributed by atoms with E-state index < -0.39 is 0 Å². The summed E-state index contributed by atoms with van der Waals surface area (Å²) in [4.78, 5) is 0. The van der Waals surface area contributed by atoms with Gasteiger partial charge in [-0.25, -0.2) is 8.91 Å². The Morgan fingerprint density at radius 2 is 2.11 bits per heavy atom. The van der Waals surface area contributed by atoms with Crippen molar-refractivity contribution in [2.24, 2.45) is 5.73 Å². The summed E-state index contributed by atoms with van der Waals surface area (Å²) in [7, 11) is 0. The van der Waals surface area contributed by atoms with E-state index in [2.05, 4.69) is 5.10 Å². The highest BCUT2D eigenvalue weighted by Gasteiger charge is 2.15. The molecule has 1 atom stereocenters. The number of hydrogen-bond donors (Lipinski definition) is 1. The molecule has 96 valence electrons. The summed E-state index contributed by atoms with van der Waals surface area (Å²) in [6, 6.07) is 10.3. The third kappa shape index (κ3) is 2.11. The zero-order valence-corrected chi connectivity index (χ0v) is 10.5. The lowest BCUT2D eigenvalue weighted by molar-refractivity contribution is 0.622. The molecule has 0 aliphatic heterocycles. The predicted molar refractivity (Wildman–Crippen MR) is 72.4 cm³/mol. The van der Waals surface area contributed by atoms with Gasteiger partial charge in [-0.1, -0.05) is 12.1 Å². The van der Waals surface area contributed by atoms with Gasteiger partial charge in [-0.3, -0.25) is 0 Å². The summed E-state index contributed by atoms with van der Waals surface area (Å²) >= 11 is 0. The molecule has 2 aromatic heterocycles. The first kappa shape index (κ1) is 11.9. The Hall–Kier alpha value is -2.20. The molecule has 0 radical (unpaired) electrons. The van der Waals surface area contributed by atoms with Crippen LogP contribution in [0.15, 0.2) is 48.8 Å². The minimum absolute atomic E-state index is 0.262. The Balaban J connectivity index is 2.10. The van der Waals surface area contributed by atoms with Gasteiger partial charge >= 0.3 is 0 Å². The van der Waals surface area contributed by atoms with E-state index >= 15 is 0 Å². The zero-order chi connectivity index (χ0) is 13.4. The van der Waals surface area contributed by atoms with E-state index in [0.29, 0.717) is 0 Å². The fourth-order valence-electron chi connectivity index (χ4n) is 2.32. The Bertz CT molecular complexity index is 713. The quantitative estimate of drug-likeness (QED) is 0.765. The second-order valence-corrected chi connectivity index (χ2v) is 4.67. The van der Waals surface area contributed by atoms with Crippen LogP contribution in [-0.2, 0) is 0 Å². The van der Waals surface area contributed by atoms with Gasteiger partial charge in [-0.05, 0) is 42.3 Å². The van der Waals surface area contributed by atoms with Crippen LogP contribution < -0.4 is 5.73 Å². The molecule has 0 spiro atoms. The van der Waals surface area contributed by atoms with E-state index in [0.717, 1.165) is 22.2 Å². The Morgan fingerprint density at radius 1 is 1.26 bits per heavy atom. The first-order chi connectivity index (χ1) is 9.15. The lowest BCUT2D eigenvalue weighted by atomic mass is 9.99.